The Balaban J connectivity index is 1.69. The normalized spacial score (nSPS) is 17.8. The van der Waals surface area contributed by atoms with Gasteiger partial charge in [0.2, 0.25) is 13.6 Å². The smallest absolute Gasteiger partial charge is 0.306 e. The molecule has 0 saturated carbocycles. The fraction of sp³-hybridized carbons (Fsp3) is 0.350. The highest BCUT2D eigenvalue weighted by Crippen LogP contribution is 2.44. The first-order chi connectivity index (χ1) is 12.8. The van der Waals surface area contributed by atoms with Crippen molar-refractivity contribution < 1.29 is 28.5 Å². The number of carbonyl (C=O) groups is 1. The Kier molecular flexibility index (Phi) is 3.62. The maximum absolute atomic E-state index is 12.0. The van der Waals surface area contributed by atoms with E-state index >= 15 is 0 Å². The number of esters is 1. The van der Waals surface area contributed by atoms with Gasteiger partial charge in [0.05, 0.1) is 6.61 Å². The molecular weight excluding hydrogens is 336 g/mol. The molecule has 0 unspecified atom stereocenters. The quantitative estimate of drug-likeness (QED) is 0.677. The maximum Gasteiger partial charge on any atom is 0.306 e. The summed E-state index contributed by atoms with van der Waals surface area (Å²) in [4.78, 5) is 12.0. The van der Waals surface area contributed by atoms with Gasteiger partial charge in [0.15, 0.2) is 23.0 Å². The third kappa shape index (κ3) is 2.62. The minimum absolute atomic E-state index is 0.172. The Morgan fingerprint density at radius 3 is 1.77 bits per heavy atom. The number of aryl methyl sites for hydroxylation is 2. The molecule has 6 heteroatoms. The van der Waals surface area contributed by atoms with E-state index in [1.54, 1.807) is 0 Å². The molecule has 3 heterocycles. The molecule has 0 fully saturated rings. The molecule has 0 bridgehead atoms. The van der Waals surface area contributed by atoms with Crippen LogP contribution in [0.2, 0.25) is 0 Å². The van der Waals surface area contributed by atoms with Crippen LogP contribution < -0.4 is 18.9 Å². The topological polar surface area (TPSA) is 63.2 Å². The predicted molar refractivity (Wildman–Crippen MR) is 91.7 cm³/mol. The van der Waals surface area contributed by atoms with Crippen molar-refractivity contribution in [3.05, 3.63) is 35.4 Å². The molecule has 0 radical (unpaired) electrons. The Hall–Kier alpha value is -2.89. The summed E-state index contributed by atoms with van der Waals surface area (Å²) in [5.41, 5.74) is 4.30. The Morgan fingerprint density at radius 1 is 0.615 bits per heavy atom. The third-order valence-corrected chi connectivity index (χ3v) is 4.94. The van der Waals surface area contributed by atoms with Crippen molar-refractivity contribution >= 4 is 5.97 Å². The van der Waals surface area contributed by atoms with E-state index in [1.165, 1.54) is 0 Å². The van der Waals surface area contributed by atoms with Gasteiger partial charge in [-0.15, -0.1) is 0 Å². The summed E-state index contributed by atoms with van der Waals surface area (Å²) in [5, 5.41) is 0. The summed E-state index contributed by atoms with van der Waals surface area (Å²) in [7, 11) is 0. The lowest BCUT2D eigenvalue weighted by atomic mass is 9.91. The first-order valence-electron chi connectivity index (χ1n) is 8.79. The number of rotatable bonds is 0. The Morgan fingerprint density at radius 2 is 1.15 bits per heavy atom. The number of carbonyl (C=O) groups excluding carboxylic acids is 1. The lowest BCUT2D eigenvalue weighted by Gasteiger charge is -2.15. The van der Waals surface area contributed by atoms with Crippen molar-refractivity contribution in [1.82, 2.24) is 0 Å². The molecule has 0 amide bonds. The molecule has 3 aliphatic heterocycles. The molecule has 0 atom stereocenters. The van der Waals surface area contributed by atoms with Crippen LogP contribution in [0.4, 0.5) is 0 Å². The molecule has 0 aromatic heterocycles. The van der Waals surface area contributed by atoms with Crippen LogP contribution in [0.1, 0.15) is 24.0 Å². The van der Waals surface area contributed by atoms with Crippen molar-refractivity contribution in [3.8, 4) is 34.1 Å². The lowest BCUT2D eigenvalue weighted by Crippen LogP contribution is -2.07. The molecule has 0 saturated heterocycles. The molecule has 134 valence electrons. The van der Waals surface area contributed by atoms with Gasteiger partial charge in [0.25, 0.3) is 0 Å². The number of ether oxygens (including phenoxy) is 5. The second-order valence-corrected chi connectivity index (χ2v) is 6.55. The molecule has 5 rings (SSSR count). The van der Waals surface area contributed by atoms with E-state index in [-0.39, 0.29) is 19.6 Å². The van der Waals surface area contributed by atoms with Gasteiger partial charge in [-0.2, -0.15) is 0 Å². The Labute approximate surface area is 150 Å². The van der Waals surface area contributed by atoms with Crippen molar-refractivity contribution in [2.45, 2.75) is 25.7 Å². The van der Waals surface area contributed by atoms with Crippen LogP contribution in [-0.2, 0) is 22.4 Å². The summed E-state index contributed by atoms with van der Waals surface area (Å²) in [6.45, 7) is 0.879. The average Bonchev–Trinajstić information content (AvgIpc) is 3.29. The highest BCUT2D eigenvalue weighted by molar-refractivity contribution is 5.78. The lowest BCUT2D eigenvalue weighted by molar-refractivity contribution is -0.143. The summed E-state index contributed by atoms with van der Waals surface area (Å²) in [5.74, 6) is 2.78. The van der Waals surface area contributed by atoms with Gasteiger partial charge in [0.1, 0.15) is 0 Å². The number of hydrogen-bond acceptors (Lipinski definition) is 6. The molecule has 26 heavy (non-hydrogen) atoms. The zero-order chi connectivity index (χ0) is 17.5. The third-order valence-electron chi connectivity index (χ3n) is 4.94. The van der Waals surface area contributed by atoms with Crippen LogP contribution in [0.5, 0.6) is 23.0 Å². The Bertz CT molecular complexity index is 888. The minimum Gasteiger partial charge on any atom is -0.466 e. The van der Waals surface area contributed by atoms with Gasteiger partial charge in [-0.05, 0) is 65.8 Å². The van der Waals surface area contributed by atoms with Gasteiger partial charge in [0, 0.05) is 6.42 Å². The molecule has 0 spiro atoms. The largest absolute Gasteiger partial charge is 0.466 e. The fourth-order valence-electron chi connectivity index (χ4n) is 3.64. The molecule has 0 aliphatic carbocycles. The number of cyclic esters (lactones) is 1. The van der Waals surface area contributed by atoms with Crippen LogP contribution in [0.3, 0.4) is 0 Å². The predicted octanol–water partition coefficient (Wildman–Crippen LogP) is 3.23. The van der Waals surface area contributed by atoms with E-state index in [0.29, 0.717) is 25.2 Å². The summed E-state index contributed by atoms with van der Waals surface area (Å²) < 4.78 is 27.6. The molecule has 3 aliphatic rings. The van der Waals surface area contributed by atoms with Gasteiger partial charge in [-0.25, -0.2) is 0 Å². The van der Waals surface area contributed by atoms with E-state index in [1.807, 2.05) is 24.3 Å². The maximum atomic E-state index is 12.0. The van der Waals surface area contributed by atoms with Crippen molar-refractivity contribution in [1.29, 1.82) is 0 Å². The van der Waals surface area contributed by atoms with Crippen molar-refractivity contribution in [2.24, 2.45) is 0 Å². The van der Waals surface area contributed by atoms with Gasteiger partial charge in [-0.1, -0.05) is 0 Å². The van der Waals surface area contributed by atoms with Crippen LogP contribution >= 0.6 is 0 Å². The molecule has 2 aromatic carbocycles. The van der Waals surface area contributed by atoms with Crippen molar-refractivity contribution in [2.75, 3.05) is 20.2 Å². The molecule has 0 N–H and O–H groups in total. The van der Waals surface area contributed by atoms with E-state index < -0.39 is 0 Å². The number of hydrogen-bond donors (Lipinski definition) is 0. The van der Waals surface area contributed by atoms with Crippen LogP contribution in [-0.4, -0.2) is 26.2 Å². The second kappa shape index (κ2) is 6.12. The van der Waals surface area contributed by atoms with Gasteiger partial charge < -0.3 is 23.7 Å². The van der Waals surface area contributed by atoms with Crippen LogP contribution in [0, 0.1) is 0 Å². The minimum atomic E-state index is -0.172. The number of benzene rings is 2. The van der Waals surface area contributed by atoms with E-state index in [9.17, 15) is 4.79 Å². The van der Waals surface area contributed by atoms with E-state index in [0.717, 1.165) is 52.3 Å². The van der Waals surface area contributed by atoms with Crippen LogP contribution in [0.15, 0.2) is 24.3 Å². The van der Waals surface area contributed by atoms with Gasteiger partial charge >= 0.3 is 5.97 Å². The SMILES string of the molecule is O=C1CCc2cc3c(cc2-c2cc4c(cc2CCCO1)OCO4)OCO3. The highest BCUT2D eigenvalue weighted by Gasteiger charge is 2.24. The van der Waals surface area contributed by atoms with Crippen LogP contribution in [0.25, 0.3) is 11.1 Å². The zero-order valence-electron chi connectivity index (χ0n) is 14.2. The fourth-order valence-corrected chi connectivity index (χ4v) is 3.64. The monoisotopic (exact) mass is 354 g/mol. The summed E-state index contributed by atoms with van der Waals surface area (Å²) in [6, 6.07) is 8.03. The first-order valence-corrected chi connectivity index (χ1v) is 8.79. The number of fused-ring (bicyclic) bond motifs is 5. The molecule has 2 aromatic rings. The zero-order valence-corrected chi connectivity index (χ0v) is 14.2. The van der Waals surface area contributed by atoms with E-state index in [4.69, 9.17) is 23.7 Å². The average molecular weight is 354 g/mol. The standard InChI is InChI=1S/C20H18O6/c21-20-4-3-13-7-17-19(26-11-24-17)9-15(13)14-8-18-16(23-10-25-18)6-12(14)2-1-5-22-20/h6-9H,1-5,10-11H2. The molecule has 6 nitrogen and oxygen atoms in total. The second-order valence-electron chi connectivity index (χ2n) is 6.55. The summed E-state index contributed by atoms with van der Waals surface area (Å²) in [6.07, 6.45) is 2.47. The van der Waals surface area contributed by atoms with Crippen molar-refractivity contribution in [3.63, 3.8) is 0 Å². The highest BCUT2D eigenvalue weighted by atomic mass is 16.7. The van der Waals surface area contributed by atoms with Gasteiger partial charge in [-0.3, -0.25) is 4.79 Å². The van der Waals surface area contributed by atoms with E-state index in [2.05, 4.69) is 0 Å². The molecular formula is C20H18O6. The summed E-state index contributed by atoms with van der Waals surface area (Å²) >= 11 is 0. The first kappa shape index (κ1) is 15.4.